The summed E-state index contributed by atoms with van der Waals surface area (Å²) < 4.78 is 5.40. The summed E-state index contributed by atoms with van der Waals surface area (Å²) in [7, 11) is 0. The molecule has 1 amide bonds. The number of nitrogens with zero attached hydrogens (tertiary/aromatic N) is 3. The average molecular weight is 325 g/mol. The Bertz CT molecular complexity index is 686. The molecule has 24 heavy (non-hydrogen) atoms. The summed E-state index contributed by atoms with van der Waals surface area (Å²) in [4.78, 5) is 18.7. The number of amides is 1. The molecule has 1 aromatic heterocycles. The van der Waals surface area contributed by atoms with E-state index in [2.05, 4.69) is 22.3 Å². The Kier molecular flexibility index (Phi) is 4.32. The van der Waals surface area contributed by atoms with Gasteiger partial charge in [0.2, 0.25) is 11.8 Å². The van der Waals surface area contributed by atoms with Crippen LogP contribution in [0.4, 0.5) is 0 Å². The minimum absolute atomic E-state index is 0.203. The SMILES string of the molecule is O=C(CC1CCCC1)N1CC(c2nc(Cc3ccccc3)no2)C1. The summed E-state index contributed by atoms with van der Waals surface area (Å²) >= 11 is 0. The Morgan fingerprint density at radius 1 is 1.17 bits per heavy atom. The summed E-state index contributed by atoms with van der Waals surface area (Å²) in [6.07, 6.45) is 6.40. The highest BCUT2D eigenvalue weighted by Gasteiger charge is 2.36. The van der Waals surface area contributed by atoms with Crippen molar-refractivity contribution in [3.63, 3.8) is 0 Å². The fraction of sp³-hybridized carbons (Fsp3) is 0.526. The molecule has 2 aliphatic rings. The zero-order valence-electron chi connectivity index (χ0n) is 13.9. The van der Waals surface area contributed by atoms with E-state index in [-0.39, 0.29) is 5.92 Å². The molecule has 0 radical (unpaired) electrons. The highest BCUT2D eigenvalue weighted by molar-refractivity contribution is 5.77. The van der Waals surface area contributed by atoms with Crippen molar-refractivity contribution in [2.24, 2.45) is 5.92 Å². The van der Waals surface area contributed by atoms with E-state index in [9.17, 15) is 4.79 Å². The van der Waals surface area contributed by atoms with Crippen LogP contribution in [-0.4, -0.2) is 34.0 Å². The lowest BCUT2D eigenvalue weighted by atomic mass is 9.97. The lowest BCUT2D eigenvalue weighted by Gasteiger charge is -2.37. The van der Waals surface area contributed by atoms with Gasteiger partial charge in [0.25, 0.3) is 0 Å². The first kappa shape index (κ1) is 15.4. The number of likely N-dealkylation sites (tertiary alicyclic amines) is 1. The predicted molar refractivity (Wildman–Crippen MR) is 89.4 cm³/mol. The molecule has 0 atom stereocenters. The Hall–Kier alpha value is -2.17. The van der Waals surface area contributed by atoms with Crippen molar-refractivity contribution in [2.75, 3.05) is 13.1 Å². The molecule has 5 nitrogen and oxygen atoms in total. The molecule has 2 aromatic rings. The first-order chi connectivity index (χ1) is 11.8. The maximum Gasteiger partial charge on any atom is 0.233 e. The van der Waals surface area contributed by atoms with E-state index in [1.807, 2.05) is 23.1 Å². The van der Waals surface area contributed by atoms with Gasteiger partial charge in [-0.25, -0.2) is 0 Å². The smallest absolute Gasteiger partial charge is 0.233 e. The van der Waals surface area contributed by atoms with Crippen LogP contribution in [0, 0.1) is 5.92 Å². The van der Waals surface area contributed by atoms with Gasteiger partial charge < -0.3 is 9.42 Å². The van der Waals surface area contributed by atoms with Gasteiger partial charge in [-0.2, -0.15) is 4.98 Å². The van der Waals surface area contributed by atoms with E-state index in [0.717, 1.165) is 19.5 Å². The highest BCUT2D eigenvalue weighted by Crippen LogP contribution is 2.31. The van der Waals surface area contributed by atoms with Gasteiger partial charge in [-0.1, -0.05) is 48.3 Å². The number of carbonyl (C=O) groups excluding carboxylic acids is 1. The molecule has 5 heteroatoms. The van der Waals surface area contributed by atoms with Gasteiger partial charge in [-0.05, 0) is 24.3 Å². The van der Waals surface area contributed by atoms with E-state index in [4.69, 9.17) is 4.52 Å². The van der Waals surface area contributed by atoms with Crippen LogP contribution in [0.15, 0.2) is 34.9 Å². The Morgan fingerprint density at radius 2 is 1.92 bits per heavy atom. The molecular weight excluding hydrogens is 302 g/mol. The number of hydrogen-bond acceptors (Lipinski definition) is 4. The van der Waals surface area contributed by atoms with Crippen LogP contribution in [0.2, 0.25) is 0 Å². The molecule has 0 spiro atoms. The van der Waals surface area contributed by atoms with Crippen molar-refractivity contribution in [1.29, 1.82) is 0 Å². The quantitative estimate of drug-likeness (QED) is 0.847. The van der Waals surface area contributed by atoms with Crippen molar-refractivity contribution in [3.05, 3.63) is 47.6 Å². The number of rotatable bonds is 5. The van der Waals surface area contributed by atoms with Crippen LogP contribution < -0.4 is 0 Å². The van der Waals surface area contributed by atoms with Gasteiger partial charge in [0, 0.05) is 25.9 Å². The van der Waals surface area contributed by atoms with Crippen LogP contribution in [0.5, 0.6) is 0 Å². The van der Waals surface area contributed by atoms with Crippen molar-refractivity contribution in [1.82, 2.24) is 15.0 Å². The van der Waals surface area contributed by atoms with Crippen molar-refractivity contribution in [2.45, 2.75) is 44.4 Å². The molecule has 1 saturated heterocycles. The van der Waals surface area contributed by atoms with Crippen LogP contribution >= 0.6 is 0 Å². The second-order valence-corrected chi connectivity index (χ2v) is 7.06. The molecule has 126 valence electrons. The third kappa shape index (κ3) is 3.35. The van der Waals surface area contributed by atoms with Gasteiger partial charge >= 0.3 is 0 Å². The lowest BCUT2D eigenvalue weighted by Crippen LogP contribution is -2.48. The first-order valence-corrected chi connectivity index (χ1v) is 8.92. The van der Waals surface area contributed by atoms with Crippen LogP contribution in [0.3, 0.4) is 0 Å². The van der Waals surface area contributed by atoms with Gasteiger partial charge in [-0.15, -0.1) is 0 Å². The summed E-state index contributed by atoms with van der Waals surface area (Å²) in [5.74, 6) is 2.49. The standard InChI is InChI=1S/C19H23N3O2/c23-18(11-15-8-4-5-9-15)22-12-16(13-22)19-20-17(21-24-19)10-14-6-2-1-3-7-14/h1-3,6-7,15-16H,4-5,8-13H2. The third-order valence-electron chi connectivity index (χ3n) is 5.21. The number of carbonyl (C=O) groups is 1. The van der Waals surface area contributed by atoms with Crippen molar-refractivity contribution < 1.29 is 9.32 Å². The minimum Gasteiger partial charge on any atom is -0.341 e. The molecule has 0 unspecified atom stereocenters. The second-order valence-electron chi connectivity index (χ2n) is 7.06. The van der Waals surface area contributed by atoms with Gasteiger partial charge in [0.05, 0.1) is 5.92 Å². The Balaban J connectivity index is 1.28. The molecule has 2 heterocycles. The van der Waals surface area contributed by atoms with Crippen LogP contribution in [-0.2, 0) is 11.2 Å². The molecule has 2 fully saturated rings. The average Bonchev–Trinajstić information content (AvgIpc) is 3.19. The first-order valence-electron chi connectivity index (χ1n) is 8.92. The monoisotopic (exact) mass is 325 g/mol. The van der Waals surface area contributed by atoms with Gasteiger partial charge in [0.1, 0.15) is 0 Å². The number of benzene rings is 1. The van der Waals surface area contributed by atoms with E-state index < -0.39 is 0 Å². The molecule has 1 aliphatic heterocycles. The summed E-state index contributed by atoms with van der Waals surface area (Å²) in [6, 6.07) is 10.1. The molecule has 1 aliphatic carbocycles. The largest absolute Gasteiger partial charge is 0.341 e. The predicted octanol–water partition coefficient (Wildman–Crippen LogP) is 3.17. The maximum atomic E-state index is 12.3. The highest BCUT2D eigenvalue weighted by atomic mass is 16.5. The zero-order chi connectivity index (χ0) is 16.4. The lowest BCUT2D eigenvalue weighted by molar-refractivity contribution is -0.137. The van der Waals surface area contributed by atoms with Gasteiger partial charge in [0.15, 0.2) is 5.82 Å². The number of hydrogen-bond donors (Lipinski definition) is 0. The number of aromatic nitrogens is 2. The maximum absolute atomic E-state index is 12.3. The Morgan fingerprint density at radius 3 is 2.67 bits per heavy atom. The molecule has 1 aromatic carbocycles. The third-order valence-corrected chi connectivity index (χ3v) is 5.21. The summed E-state index contributed by atoms with van der Waals surface area (Å²) in [5, 5.41) is 4.08. The van der Waals surface area contributed by atoms with E-state index in [0.29, 0.717) is 30.0 Å². The van der Waals surface area contributed by atoms with E-state index in [1.54, 1.807) is 0 Å². The van der Waals surface area contributed by atoms with E-state index in [1.165, 1.54) is 31.2 Å². The molecule has 4 rings (SSSR count). The Labute approximate surface area is 142 Å². The molecular formula is C19H23N3O2. The summed E-state index contributed by atoms with van der Waals surface area (Å²) in [5.41, 5.74) is 1.17. The van der Waals surface area contributed by atoms with Crippen molar-refractivity contribution >= 4 is 5.91 Å². The minimum atomic E-state index is 0.203. The molecule has 1 saturated carbocycles. The van der Waals surface area contributed by atoms with Crippen molar-refractivity contribution in [3.8, 4) is 0 Å². The van der Waals surface area contributed by atoms with Gasteiger partial charge in [-0.3, -0.25) is 4.79 Å². The fourth-order valence-corrected chi connectivity index (χ4v) is 3.71. The summed E-state index contributed by atoms with van der Waals surface area (Å²) in [6.45, 7) is 1.44. The molecule has 0 bridgehead atoms. The van der Waals surface area contributed by atoms with Crippen LogP contribution in [0.1, 0.15) is 55.3 Å². The fourth-order valence-electron chi connectivity index (χ4n) is 3.71. The van der Waals surface area contributed by atoms with Crippen LogP contribution in [0.25, 0.3) is 0 Å². The normalized spacial score (nSPS) is 18.8. The molecule has 0 N–H and O–H groups in total. The topological polar surface area (TPSA) is 59.2 Å². The zero-order valence-corrected chi connectivity index (χ0v) is 13.9. The second kappa shape index (κ2) is 6.75. The van der Waals surface area contributed by atoms with E-state index >= 15 is 0 Å².